The van der Waals surface area contributed by atoms with Crippen LogP contribution in [0.3, 0.4) is 0 Å². The van der Waals surface area contributed by atoms with Crippen LogP contribution in [0.25, 0.3) is 0 Å². The number of aliphatic hydroxyl groups excluding tert-OH is 1. The van der Waals surface area contributed by atoms with Crippen molar-refractivity contribution in [1.82, 2.24) is 9.80 Å². The van der Waals surface area contributed by atoms with E-state index in [2.05, 4.69) is 0 Å². The molecule has 0 spiro atoms. The summed E-state index contributed by atoms with van der Waals surface area (Å²) in [6.45, 7) is 0.606. The van der Waals surface area contributed by atoms with Crippen LogP contribution in [0.4, 0.5) is 4.79 Å². The summed E-state index contributed by atoms with van der Waals surface area (Å²) >= 11 is 1.58. The number of urea groups is 1. The van der Waals surface area contributed by atoms with Crippen LogP contribution in [0.15, 0.2) is 16.8 Å². The largest absolute Gasteiger partial charge is 0.480 e. The van der Waals surface area contributed by atoms with E-state index in [9.17, 15) is 19.8 Å². The van der Waals surface area contributed by atoms with Crippen molar-refractivity contribution in [3.8, 4) is 0 Å². The number of amides is 2. The van der Waals surface area contributed by atoms with E-state index < -0.39 is 18.1 Å². The Labute approximate surface area is 126 Å². The van der Waals surface area contributed by atoms with Gasteiger partial charge >= 0.3 is 12.0 Å². The number of hydrogen-bond acceptors (Lipinski definition) is 4. The molecule has 1 aromatic heterocycles. The molecule has 6 nitrogen and oxygen atoms in total. The molecule has 0 bridgehead atoms. The van der Waals surface area contributed by atoms with Crippen molar-refractivity contribution in [2.45, 2.75) is 44.0 Å². The Morgan fingerprint density at radius 3 is 2.76 bits per heavy atom. The van der Waals surface area contributed by atoms with E-state index in [1.165, 1.54) is 4.90 Å². The fraction of sp³-hybridized carbons (Fsp3) is 0.571. The number of aliphatic hydroxyl groups is 1. The van der Waals surface area contributed by atoms with Crippen LogP contribution in [0, 0.1) is 0 Å². The number of carboxylic acids is 1. The highest BCUT2D eigenvalue weighted by atomic mass is 32.1. The number of carbonyl (C=O) groups excluding carboxylic acids is 1. The zero-order valence-corrected chi connectivity index (χ0v) is 12.3. The van der Waals surface area contributed by atoms with E-state index in [1.807, 2.05) is 16.8 Å². The Hall–Kier alpha value is -1.60. The molecular weight excluding hydrogens is 292 g/mol. The van der Waals surface area contributed by atoms with Crippen molar-refractivity contribution < 1.29 is 19.8 Å². The lowest BCUT2D eigenvalue weighted by Gasteiger charge is -2.30. The van der Waals surface area contributed by atoms with Crippen LogP contribution >= 0.6 is 11.3 Å². The summed E-state index contributed by atoms with van der Waals surface area (Å²) in [5.41, 5.74) is 1.06. The third-order valence-electron chi connectivity index (χ3n) is 3.98. The molecule has 2 aliphatic rings. The number of carboxylic acid groups (broad SMARTS) is 1. The standard InChI is InChI=1S/C14H18N2O4S/c17-11-5-12(13(18)19)16(7-11)14(20)15(10-1-2-10)6-9-3-4-21-8-9/h3-4,8,10-12,17H,1-2,5-7H2,(H,18,19)/t11-,12-/m0/s1. The van der Waals surface area contributed by atoms with Crippen molar-refractivity contribution in [3.05, 3.63) is 22.4 Å². The molecule has 1 saturated carbocycles. The smallest absolute Gasteiger partial charge is 0.326 e. The number of β-amino-alcohol motifs (C(OH)–C–C–N with tert-alkyl or cyclic N) is 1. The van der Waals surface area contributed by atoms with Crippen LogP contribution in [-0.2, 0) is 11.3 Å². The molecule has 2 N–H and O–H groups in total. The topological polar surface area (TPSA) is 81.1 Å². The molecule has 0 radical (unpaired) electrons. The lowest BCUT2D eigenvalue weighted by atomic mass is 10.2. The van der Waals surface area contributed by atoms with Crippen molar-refractivity contribution >= 4 is 23.3 Å². The minimum absolute atomic E-state index is 0.0999. The van der Waals surface area contributed by atoms with Gasteiger partial charge in [0.1, 0.15) is 6.04 Å². The van der Waals surface area contributed by atoms with Crippen LogP contribution in [0.1, 0.15) is 24.8 Å². The normalized spacial score (nSPS) is 25.1. The molecule has 0 aromatic carbocycles. The first kappa shape index (κ1) is 14.3. The second kappa shape index (κ2) is 5.65. The Balaban J connectivity index is 1.75. The molecule has 2 atom stereocenters. The zero-order valence-electron chi connectivity index (χ0n) is 11.5. The quantitative estimate of drug-likeness (QED) is 0.879. The van der Waals surface area contributed by atoms with Crippen LogP contribution in [0.5, 0.6) is 0 Å². The monoisotopic (exact) mass is 310 g/mol. The van der Waals surface area contributed by atoms with Gasteiger partial charge in [0.15, 0.2) is 0 Å². The maximum absolute atomic E-state index is 12.7. The van der Waals surface area contributed by atoms with E-state index in [0.29, 0.717) is 6.54 Å². The highest BCUT2D eigenvalue weighted by Crippen LogP contribution is 2.31. The van der Waals surface area contributed by atoms with Crippen molar-refractivity contribution in [2.24, 2.45) is 0 Å². The Morgan fingerprint density at radius 1 is 1.43 bits per heavy atom. The number of aliphatic carboxylic acids is 1. The number of carbonyl (C=O) groups is 2. The number of hydrogen-bond donors (Lipinski definition) is 2. The Kier molecular flexibility index (Phi) is 3.86. The average molecular weight is 310 g/mol. The molecule has 1 aromatic rings. The van der Waals surface area contributed by atoms with Gasteiger partial charge in [0.25, 0.3) is 0 Å². The van der Waals surface area contributed by atoms with Gasteiger partial charge in [0, 0.05) is 25.6 Å². The van der Waals surface area contributed by atoms with Crippen molar-refractivity contribution in [2.75, 3.05) is 6.54 Å². The van der Waals surface area contributed by atoms with Crippen LogP contribution in [-0.4, -0.2) is 56.7 Å². The third-order valence-corrected chi connectivity index (χ3v) is 4.71. The SMILES string of the molecule is O=C(O)[C@@H]1C[C@H](O)CN1C(=O)N(Cc1ccsc1)C1CC1. The molecule has 114 valence electrons. The Morgan fingerprint density at radius 2 is 2.19 bits per heavy atom. The summed E-state index contributed by atoms with van der Waals surface area (Å²) < 4.78 is 0. The van der Waals surface area contributed by atoms with Crippen molar-refractivity contribution in [1.29, 1.82) is 0 Å². The first-order chi connectivity index (χ1) is 10.1. The summed E-state index contributed by atoms with van der Waals surface area (Å²) in [7, 11) is 0. The van der Waals surface area contributed by atoms with Crippen molar-refractivity contribution in [3.63, 3.8) is 0 Å². The number of likely N-dealkylation sites (tertiary alicyclic amines) is 1. The molecule has 2 heterocycles. The lowest BCUT2D eigenvalue weighted by molar-refractivity contribution is -0.141. The van der Waals surface area contributed by atoms with E-state index in [-0.39, 0.29) is 25.0 Å². The van der Waals surface area contributed by atoms with E-state index in [4.69, 9.17) is 0 Å². The molecule has 3 rings (SSSR count). The van der Waals surface area contributed by atoms with E-state index >= 15 is 0 Å². The summed E-state index contributed by atoms with van der Waals surface area (Å²) in [5.74, 6) is -1.05. The highest BCUT2D eigenvalue weighted by molar-refractivity contribution is 7.07. The molecule has 1 saturated heterocycles. The van der Waals surface area contributed by atoms with E-state index in [0.717, 1.165) is 18.4 Å². The predicted octanol–water partition coefficient (Wildman–Crippen LogP) is 1.35. The first-order valence-corrected chi connectivity index (χ1v) is 7.99. The molecule has 1 aliphatic heterocycles. The van der Waals surface area contributed by atoms with Gasteiger partial charge in [0.05, 0.1) is 6.10 Å². The first-order valence-electron chi connectivity index (χ1n) is 7.05. The third kappa shape index (κ3) is 3.03. The fourth-order valence-electron chi connectivity index (χ4n) is 2.74. The molecule has 21 heavy (non-hydrogen) atoms. The molecule has 2 amide bonds. The fourth-order valence-corrected chi connectivity index (χ4v) is 3.40. The molecular formula is C14H18N2O4S. The summed E-state index contributed by atoms with van der Waals surface area (Å²) in [6.07, 6.45) is 1.28. The summed E-state index contributed by atoms with van der Waals surface area (Å²) in [5, 5.41) is 22.9. The molecule has 2 fully saturated rings. The number of rotatable bonds is 4. The second-order valence-corrected chi connectivity index (χ2v) is 6.45. The van der Waals surface area contributed by atoms with Gasteiger partial charge in [-0.2, -0.15) is 11.3 Å². The average Bonchev–Trinajstić information content (AvgIpc) is 2.99. The number of nitrogens with zero attached hydrogens (tertiary/aromatic N) is 2. The van der Waals surface area contributed by atoms with Crippen LogP contribution in [0.2, 0.25) is 0 Å². The van der Waals surface area contributed by atoms with Gasteiger partial charge in [-0.05, 0) is 35.2 Å². The minimum atomic E-state index is -1.05. The van der Waals surface area contributed by atoms with E-state index in [1.54, 1.807) is 16.2 Å². The molecule has 1 aliphatic carbocycles. The Bertz CT molecular complexity index is 529. The minimum Gasteiger partial charge on any atom is -0.480 e. The van der Waals surface area contributed by atoms with Gasteiger partial charge < -0.3 is 20.0 Å². The summed E-state index contributed by atoms with van der Waals surface area (Å²) in [6, 6.07) is 0.981. The van der Waals surface area contributed by atoms with Gasteiger partial charge in [-0.3, -0.25) is 0 Å². The molecule has 0 unspecified atom stereocenters. The molecule has 7 heteroatoms. The zero-order chi connectivity index (χ0) is 15.0. The second-order valence-electron chi connectivity index (χ2n) is 5.67. The van der Waals surface area contributed by atoms with Gasteiger partial charge in [-0.15, -0.1) is 0 Å². The summed E-state index contributed by atoms with van der Waals surface area (Å²) in [4.78, 5) is 27.0. The number of thiophene rings is 1. The van der Waals surface area contributed by atoms with Crippen LogP contribution < -0.4 is 0 Å². The van der Waals surface area contributed by atoms with Gasteiger partial charge in [-0.1, -0.05) is 0 Å². The predicted molar refractivity (Wildman–Crippen MR) is 77.0 cm³/mol. The lowest BCUT2D eigenvalue weighted by Crippen LogP contribution is -2.48. The van der Waals surface area contributed by atoms with Gasteiger partial charge in [-0.25, -0.2) is 9.59 Å². The van der Waals surface area contributed by atoms with Gasteiger partial charge in [0.2, 0.25) is 0 Å². The maximum Gasteiger partial charge on any atom is 0.326 e. The maximum atomic E-state index is 12.7. The highest BCUT2D eigenvalue weighted by Gasteiger charge is 2.43.